The summed E-state index contributed by atoms with van der Waals surface area (Å²) >= 11 is 1.30. The average molecular weight is 448 g/mol. The molecule has 3 aromatic rings. The van der Waals surface area contributed by atoms with E-state index < -0.39 is 15.9 Å². The molecule has 8 nitrogen and oxygen atoms in total. The van der Waals surface area contributed by atoms with Crippen molar-refractivity contribution in [1.82, 2.24) is 10.3 Å². The number of urea groups is 1. The summed E-state index contributed by atoms with van der Waals surface area (Å²) in [5, 5.41) is 5.65. The molecule has 0 atom stereocenters. The number of anilines is 1. The van der Waals surface area contributed by atoms with Gasteiger partial charge in [-0.2, -0.15) is 0 Å². The molecule has 1 aromatic heterocycles. The van der Waals surface area contributed by atoms with Crippen LogP contribution in [0.15, 0.2) is 47.4 Å². The first-order valence-electron chi connectivity index (χ1n) is 9.18. The van der Waals surface area contributed by atoms with Crippen molar-refractivity contribution in [2.24, 2.45) is 0 Å². The Balaban J connectivity index is 1.71. The zero-order chi connectivity index (χ0) is 21.7. The van der Waals surface area contributed by atoms with Crippen LogP contribution in [0.1, 0.15) is 13.3 Å². The number of nitrogens with zero attached hydrogens (tertiary/aromatic N) is 1. The van der Waals surface area contributed by atoms with Crippen molar-refractivity contribution < 1.29 is 22.7 Å². The molecule has 2 amide bonds. The van der Waals surface area contributed by atoms with Crippen molar-refractivity contribution >= 4 is 48.5 Å². The van der Waals surface area contributed by atoms with Crippen molar-refractivity contribution in [3.8, 4) is 11.1 Å². The Morgan fingerprint density at radius 1 is 1.13 bits per heavy atom. The monoisotopic (exact) mass is 447 g/mol. The van der Waals surface area contributed by atoms with Crippen LogP contribution in [0.25, 0.3) is 21.3 Å². The molecule has 0 aliphatic heterocycles. The van der Waals surface area contributed by atoms with E-state index in [0.29, 0.717) is 17.3 Å². The van der Waals surface area contributed by atoms with Gasteiger partial charge in [0.25, 0.3) is 0 Å². The number of amides is 2. The molecule has 1 heterocycles. The lowest BCUT2D eigenvalue weighted by Crippen LogP contribution is -2.30. The van der Waals surface area contributed by atoms with Gasteiger partial charge in [-0.3, -0.25) is 10.1 Å². The number of aromatic nitrogens is 1. The van der Waals surface area contributed by atoms with E-state index in [9.17, 15) is 18.0 Å². The van der Waals surface area contributed by atoms with E-state index in [0.717, 1.165) is 15.8 Å². The second-order valence-corrected chi connectivity index (χ2v) is 9.48. The summed E-state index contributed by atoms with van der Waals surface area (Å²) < 4.78 is 29.2. The fourth-order valence-electron chi connectivity index (χ4n) is 2.72. The third-order valence-electron chi connectivity index (χ3n) is 4.12. The molecule has 0 aliphatic carbocycles. The number of nitrogens with one attached hydrogen (secondary N) is 2. The number of esters is 1. The molecule has 0 spiro atoms. The molecule has 30 heavy (non-hydrogen) atoms. The summed E-state index contributed by atoms with van der Waals surface area (Å²) in [4.78, 5) is 27.9. The third-order valence-corrected chi connectivity index (χ3v) is 6.17. The van der Waals surface area contributed by atoms with Gasteiger partial charge in [-0.25, -0.2) is 18.2 Å². The highest BCUT2D eigenvalue weighted by molar-refractivity contribution is 7.90. The minimum absolute atomic E-state index is 0.0943. The SMILES string of the molecule is CCOC(=O)CCNC(=O)Nc1nc2ccc(-c3cccc(S(C)(=O)=O)c3)cc2s1. The van der Waals surface area contributed by atoms with Crippen LogP contribution >= 0.6 is 11.3 Å². The fraction of sp³-hybridized carbons (Fsp3) is 0.250. The molecule has 2 N–H and O–H groups in total. The largest absolute Gasteiger partial charge is 0.466 e. The molecule has 3 rings (SSSR count). The van der Waals surface area contributed by atoms with Gasteiger partial charge in [-0.1, -0.05) is 29.5 Å². The van der Waals surface area contributed by atoms with E-state index in [1.807, 2.05) is 24.3 Å². The van der Waals surface area contributed by atoms with Crippen LogP contribution in [-0.4, -0.2) is 44.8 Å². The first-order chi connectivity index (χ1) is 14.3. The normalized spacial score (nSPS) is 11.3. The smallest absolute Gasteiger partial charge is 0.321 e. The number of thiazole rings is 1. The van der Waals surface area contributed by atoms with Gasteiger partial charge in [0, 0.05) is 12.8 Å². The van der Waals surface area contributed by atoms with E-state index in [4.69, 9.17) is 4.74 Å². The molecule has 0 bridgehead atoms. The van der Waals surface area contributed by atoms with Gasteiger partial charge >= 0.3 is 12.0 Å². The fourth-order valence-corrected chi connectivity index (χ4v) is 4.28. The summed E-state index contributed by atoms with van der Waals surface area (Å²) in [5.41, 5.74) is 2.34. The van der Waals surface area contributed by atoms with Crippen molar-refractivity contribution in [1.29, 1.82) is 0 Å². The van der Waals surface area contributed by atoms with Crippen LogP contribution < -0.4 is 10.6 Å². The van der Waals surface area contributed by atoms with Gasteiger partial charge in [-0.15, -0.1) is 0 Å². The van der Waals surface area contributed by atoms with Crippen molar-refractivity contribution in [3.05, 3.63) is 42.5 Å². The van der Waals surface area contributed by atoms with Crippen molar-refractivity contribution in [3.63, 3.8) is 0 Å². The highest BCUT2D eigenvalue weighted by Gasteiger charge is 2.11. The number of fused-ring (bicyclic) bond motifs is 1. The first kappa shape index (κ1) is 21.7. The molecular weight excluding hydrogens is 426 g/mol. The molecule has 0 radical (unpaired) electrons. The standard InChI is InChI=1S/C20H21N3O5S2/c1-3-28-18(24)9-10-21-19(25)23-20-22-16-8-7-14(12-17(16)29-20)13-5-4-6-15(11-13)30(2,26)27/h4-8,11-12H,3,9-10H2,1-2H3,(H2,21,22,23,25). The Kier molecular flexibility index (Phi) is 6.68. The lowest BCUT2D eigenvalue weighted by atomic mass is 10.1. The van der Waals surface area contributed by atoms with Gasteiger partial charge < -0.3 is 10.1 Å². The van der Waals surface area contributed by atoms with Crippen LogP contribution in [0.2, 0.25) is 0 Å². The number of ether oxygens (including phenoxy) is 1. The summed E-state index contributed by atoms with van der Waals surface area (Å²) in [7, 11) is -3.29. The van der Waals surface area contributed by atoms with Crippen LogP contribution in [0, 0.1) is 0 Å². The van der Waals surface area contributed by atoms with Crippen LogP contribution in [0.5, 0.6) is 0 Å². The zero-order valence-corrected chi connectivity index (χ0v) is 18.1. The number of benzene rings is 2. The molecule has 10 heteroatoms. The topological polar surface area (TPSA) is 114 Å². The van der Waals surface area contributed by atoms with E-state index in [-0.39, 0.29) is 23.8 Å². The summed E-state index contributed by atoms with van der Waals surface area (Å²) in [6.07, 6.45) is 1.27. The minimum atomic E-state index is -3.29. The molecular formula is C20H21N3O5S2. The van der Waals surface area contributed by atoms with Gasteiger partial charge in [0.15, 0.2) is 15.0 Å². The molecule has 0 unspecified atom stereocenters. The van der Waals surface area contributed by atoms with Gasteiger partial charge in [0.2, 0.25) is 0 Å². The highest BCUT2D eigenvalue weighted by Crippen LogP contribution is 2.31. The maximum absolute atomic E-state index is 12.0. The third kappa shape index (κ3) is 5.55. The Hall–Kier alpha value is -2.98. The summed E-state index contributed by atoms with van der Waals surface area (Å²) in [6, 6.07) is 11.9. The molecule has 0 fully saturated rings. The Bertz CT molecular complexity index is 1190. The van der Waals surface area contributed by atoms with Crippen molar-refractivity contribution in [2.75, 3.05) is 24.7 Å². The molecule has 0 saturated carbocycles. The zero-order valence-electron chi connectivity index (χ0n) is 16.5. The van der Waals surface area contributed by atoms with Crippen LogP contribution in [-0.2, 0) is 19.4 Å². The molecule has 0 saturated heterocycles. The first-order valence-corrected chi connectivity index (χ1v) is 11.9. The number of hydrogen-bond acceptors (Lipinski definition) is 7. The minimum Gasteiger partial charge on any atom is -0.466 e. The van der Waals surface area contributed by atoms with E-state index in [2.05, 4.69) is 15.6 Å². The summed E-state index contributed by atoms with van der Waals surface area (Å²) in [5.74, 6) is -0.370. The molecule has 2 aromatic carbocycles. The van der Waals surface area contributed by atoms with Gasteiger partial charge in [0.1, 0.15) is 0 Å². The maximum atomic E-state index is 12.0. The quantitative estimate of drug-likeness (QED) is 0.536. The lowest BCUT2D eigenvalue weighted by molar-refractivity contribution is -0.142. The van der Waals surface area contributed by atoms with E-state index >= 15 is 0 Å². The highest BCUT2D eigenvalue weighted by atomic mass is 32.2. The van der Waals surface area contributed by atoms with E-state index in [1.54, 1.807) is 25.1 Å². The second-order valence-electron chi connectivity index (χ2n) is 6.44. The van der Waals surface area contributed by atoms with Crippen LogP contribution in [0.4, 0.5) is 9.93 Å². The average Bonchev–Trinajstić information content (AvgIpc) is 3.09. The number of sulfone groups is 1. The number of carbonyl (C=O) groups excluding carboxylic acids is 2. The molecule has 158 valence electrons. The van der Waals surface area contributed by atoms with E-state index in [1.165, 1.54) is 17.6 Å². The second kappa shape index (κ2) is 9.23. The number of carbonyl (C=O) groups is 2. The predicted molar refractivity (Wildman–Crippen MR) is 116 cm³/mol. The van der Waals surface area contributed by atoms with Gasteiger partial charge in [-0.05, 0) is 42.3 Å². The van der Waals surface area contributed by atoms with Gasteiger partial charge in [0.05, 0.1) is 28.1 Å². The Labute approximate surface area is 178 Å². The number of hydrogen-bond donors (Lipinski definition) is 2. The maximum Gasteiger partial charge on any atom is 0.321 e. The predicted octanol–water partition coefficient (Wildman–Crippen LogP) is 3.44. The van der Waals surface area contributed by atoms with Crippen LogP contribution in [0.3, 0.4) is 0 Å². The van der Waals surface area contributed by atoms with Crippen molar-refractivity contribution in [2.45, 2.75) is 18.2 Å². The lowest BCUT2D eigenvalue weighted by Gasteiger charge is -2.04. The Morgan fingerprint density at radius 2 is 1.90 bits per heavy atom. The molecule has 0 aliphatic rings. The summed E-state index contributed by atoms with van der Waals surface area (Å²) in [6.45, 7) is 2.19. The number of rotatable bonds is 7. The Morgan fingerprint density at radius 3 is 2.63 bits per heavy atom.